The van der Waals surface area contributed by atoms with Gasteiger partial charge in [0.25, 0.3) is 0 Å². The van der Waals surface area contributed by atoms with Crippen molar-refractivity contribution in [1.29, 1.82) is 0 Å². The summed E-state index contributed by atoms with van der Waals surface area (Å²) in [5.74, 6) is 0. The van der Waals surface area contributed by atoms with Gasteiger partial charge in [0.2, 0.25) is 0 Å². The minimum atomic E-state index is -4.53. The van der Waals surface area contributed by atoms with Gasteiger partial charge in [-0.2, -0.15) is 13.2 Å². The molecule has 21 heavy (non-hydrogen) atoms. The van der Waals surface area contributed by atoms with E-state index in [0.717, 1.165) is 17.2 Å². The molecule has 0 bridgehead atoms. The van der Waals surface area contributed by atoms with Gasteiger partial charge in [-0.05, 0) is 24.6 Å². The highest BCUT2D eigenvalue weighted by atomic mass is 35.5. The number of alkyl halides is 3. The van der Waals surface area contributed by atoms with Gasteiger partial charge < -0.3 is 5.73 Å². The Morgan fingerprint density at radius 1 is 1.38 bits per heavy atom. The topological polar surface area (TPSA) is 56.7 Å². The maximum Gasteiger partial charge on any atom is 0.418 e. The van der Waals surface area contributed by atoms with Gasteiger partial charge >= 0.3 is 6.18 Å². The predicted octanol–water partition coefficient (Wildman–Crippen LogP) is 3.74. The van der Waals surface area contributed by atoms with Crippen LogP contribution in [0.5, 0.6) is 0 Å². The average molecular weight is 319 g/mol. The molecule has 1 unspecified atom stereocenters. The van der Waals surface area contributed by atoms with Crippen LogP contribution >= 0.6 is 11.6 Å². The lowest BCUT2D eigenvalue weighted by atomic mass is 10.1. The van der Waals surface area contributed by atoms with E-state index in [1.165, 1.54) is 18.3 Å². The Kier molecular flexibility index (Phi) is 4.53. The largest absolute Gasteiger partial charge is 0.418 e. The molecule has 1 heterocycles. The number of halogens is 4. The summed E-state index contributed by atoms with van der Waals surface area (Å²) >= 11 is 5.64. The minimum absolute atomic E-state index is 0.00842. The van der Waals surface area contributed by atoms with Crippen LogP contribution in [-0.4, -0.2) is 15.0 Å². The molecule has 2 rings (SSSR count). The summed E-state index contributed by atoms with van der Waals surface area (Å²) < 4.78 is 40.2. The molecule has 0 spiro atoms. The van der Waals surface area contributed by atoms with Crippen molar-refractivity contribution >= 4 is 11.6 Å². The monoisotopic (exact) mass is 318 g/mol. The zero-order chi connectivity index (χ0) is 15.6. The maximum atomic E-state index is 13.1. The van der Waals surface area contributed by atoms with Crippen molar-refractivity contribution in [2.24, 2.45) is 5.73 Å². The van der Waals surface area contributed by atoms with Crippen molar-refractivity contribution in [3.63, 3.8) is 0 Å². The molecular weight excluding hydrogens is 305 g/mol. The Labute approximate surface area is 124 Å². The second-order valence-corrected chi connectivity index (χ2v) is 5.08. The third kappa shape index (κ3) is 3.54. The predicted molar refractivity (Wildman–Crippen MR) is 73.2 cm³/mol. The van der Waals surface area contributed by atoms with Crippen molar-refractivity contribution in [2.45, 2.75) is 32.0 Å². The van der Waals surface area contributed by atoms with Gasteiger partial charge in [0.1, 0.15) is 0 Å². The standard InChI is InChI=1S/C13H14ClF3N4/c1-2-3-10(18)11-7-21(20-19-11)12-5-4-8(14)6-9(12)13(15,16)17/h4-7,10H,2-3,18H2,1H3. The van der Waals surface area contributed by atoms with Gasteiger partial charge in [-0.3, -0.25) is 0 Å². The van der Waals surface area contributed by atoms with E-state index in [4.69, 9.17) is 17.3 Å². The molecule has 2 N–H and O–H groups in total. The third-order valence-corrected chi connectivity index (χ3v) is 3.24. The van der Waals surface area contributed by atoms with E-state index in [2.05, 4.69) is 10.3 Å². The van der Waals surface area contributed by atoms with Crippen LogP contribution in [0.25, 0.3) is 5.69 Å². The molecule has 0 amide bonds. The molecule has 0 aliphatic heterocycles. The summed E-state index contributed by atoms with van der Waals surface area (Å²) in [7, 11) is 0. The van der Waals surface area contributed by atoms with Crippen LogP contribution in [0.2, 0.25) is 5.02 Å². The number of nitrogens with zero attached hydrogens (tertiary/aromatic N) is 3. The molecule has 4 nitrogen and oxygen atoms in total. The minimum Gasteiger partial charge on any atom is -0.323 e. The molecule has 0 saturated heterocycles. The Morgan fingerprint density at radius 3 is 2.71 bits per heavy atom. The van der Waals surface area contributed by atoms with Crippen molar-refractivity contribution in [1.82, 2.24) is 15.0 Å². The number of nitrogens with two attached hydrogens (primary N) is 1. The maximum absolute atomic E-state index is 13.1. The molecule has 8 heteroatoms. The Bertz CT molecular complexity index is 624. The van der Waals surface area contributed by atoms with Crippen LogP contribution in [0.3, 0.4) is 0 Å². The van der Waals surface area contributed by atoms with E-state index in [1.54, 1.807) is 0 Å². The third-order valence-electron chi connectivity index (χ3n) is 3.00. The van der Waals surface area contributed by atoms with Crippen molar-refractivity contribution < 1.29 is 13.2 Å². The average Bonchev–Trinajstić information content (AvgIpc) is 2.87. The zero-order valence-electron chi connectivity index (χ0n) is 11.2. The van der Waals surface area contributed by atoms with E-state index >= 15 is 0 Å². The highest BCUT2D eigenvalue weighted by molar-refractivity contribution is 6.30. The van der Waals surface area contributed by atoms with Crippen LogP contribution in [0, 0.1) is 0 Å². The number of hydrogen-bond acceptors (Lipinski definition) is 3. The van der Waals surface area contributed by atoms with Gasteiger partial charge in [0.15, 0.2) is 0 Å². The van der Waals surface area contributed by atoms with Crippen LogP contribution < -0.4 is 5.73 Å². The molecule has 1 aromatic heterocycles. The Morgan fingerprint density at radius 2 is 2.10 bits per heavy atom. The van der Waals surface area contributed by atoms with Crippen molar-refractivity contribution in [2.75, 3.05) is 0 Å². The molecule has 1 aromatic carbocycles. The van der Waals surface area contributed by atoms with Crippen molar-refractivity contribution in [3.05, 3.63) is 40.7 Å². The van der Waals surface area contributed by atoms with Crippen molar-refractivity contribution in [3.8, 4) is 5.69 Å². The Balaban J connectivity index is 2.43. The molecule has 2 aromatic rings. The smallest absolute Gasteiger partial charge is 0.323 e. The Hall–Kier alpha value is -1.60. The highest BCUT2D eigenvalue weighted by Gasteiger charge is 2.34. The molecule has 0 aliphatic carbocycles. The SMILES string of the molecule is CCCC(N)c1cn(-c2ccc(Cl)cc2C(F)(F)F)nn1. The van der Waals surface area contributed by atoms with E-state index < -0.39 is 11.7 Å². The van der Waals surface area contributed by atoms with E-state index in [9.17, 15) is 13.2 Å². The van der Waals surface area contributed by atoms with Gasteiger partial charge in [-0.1, -0.05) is 30.2 Å². The molecule has 0 aliphatic rings. The molecule has 0 saturated carbocycles. The summed E-state index contributed by atoms with van der Waals surface area (Å²) in [5.41, 5.74) is 5.35. The van der Waals surface area contributed by atoms with Crippen LogP contribution in [0.1, 0.15) is 37.1 Å². The quantitative estimate of drug-likeness (QED) is 0.934. The fourth-order valence-electron chi connectivity index (χ4n) is 1.96. The lowest BCUT2D eigenvalue weighted by molar-refractivity contribution is -0.137. The van der Waals surface area contributed by atoms with E-state index in [-0.39, 0.29) is 16.8 Å². The summed E-state index contributed by atoms with van der Waals surface area (Å²) in [6.45, 7) is 1.96. The summed E-state index contributed by atoms with van der Waals surface area (Å²) in [5, 5.41) is 7.59. The first-order valence-electron chi connectivity index (χ1n) is 6.38. The fourth-order valence-corrected chi connectivity index (χ4v) is 2.13. The first kappa shape index (κ1) is 15.8. The normalized spacial score (nSPS) is 13.4. The zero-order valence-corrected chi connectivity index (χ0v) is 12.0. The highest BCUT2D eigenvalue weighted by Crippen LogP contribution is 2.35. The number of hydrogen-bond donors (Lipinski definition) is 1. The first-order chi connectivity index (χ1) is 9.82. The molecule has 1 atom stereocenters. The first-order valence-corrected chi connectivity index (χ1v) is 6.75. The molecule has 0 radical (unpaired) electrons. The summed E-state index contributed by atoms with van der Waals surface area (Å²) in [4.78, 5) is 0. The van der Waals surface area contributed by atoms with Crippen LogP contribution in [0.4, 0.5) is 13.2 Å². The van der Waals surface area contributed by atoms with Gasteiger partial charge in [0.05, 0.1) is 29.2 Å². The molecular formula is C13H14ClF3N4. The summed E-state index contributed by atoms with van der Waals surface area (Å²) in [6, 6.07) is 3.16. The molecule has 114 valence electrons. The van der Waals surface area contributed by atoms with Gasteiger partial charge in [-0.15, -0.1) is 5.10 Å². The lowest BCUT2D eigenvalue weighted by Crippen LogP contribution is -2.11. The fraction of sp³-hybridized carbons (Fsp3) is 0.385. The van der Waals surface area contributed by atoms with E-state index in [0.29, 0.717) is 12.1 Å². The van der Waals surface area contributed by atoms with Gasteiger partial charge in [-0.25, -0.2) is 4.68 Å². The summed E-state index contributed by atoms with van der Waals surface area (Å²) in [6.07, 6.45) is -1.58. The second-order valence-electron chi connectivity index (χ2n) is 4.64. The van der Waals surface area contributed by atoms with E-state index in [1.807, 2.05) is 6.92 Å². The van der Waals surface area contributed by atoms with Crippen LogP contribution in [-0.2, 0) is 6.18 Å². The van der Waals surface area contributed by atoms with Crippen LogP contribution in [0.15, 0.2) is 24.4 Å². The molecule has 0 fully saturated rings. The number of aromatic nitrogens is 3. The number of rotatable bonds is 4. The number of benzene rings is 1. The second kappa shape index (κ2) is 6.03. The van der Waals surface area contributed by atoms with Gasteiger partial charge in [0, 0.05) is 5.02 Å². The lowest BCUT2D eigenvalue weighted by Gasteiger charge is -2.12.